The summed E-state index contributed by atoms with van der Waals surface area (Å²) in [6.07, 6.45) is 0. The summed E-state index contributed by atoms with van der Waals surface area (Å²) in [6, 6.07) is 21.4. The van der Waals surface area contributed by atoms with Crippen LogP contribution in [0, 0.1) is 0 Å². The molecule has 4 rings (SSSR count). The first kappa shape index (κ1) is 22.4. The molecule has 3 aromatic rings. The van der Waals surface area contributed by atoms with E-state index in [-0.39, 0.29) is 24.0 Å². The van der Waals surface area contributed by atoms with E-state index in [1.165, 1.54) is 11.1 Å². The van der Waals surface area contributed by atoms with Gasteiger partial charge in [-0.1, -0.05) is 60.7 Å². The van der Waals surface area contributed by atoms with Gasteiger partial charge in [-0.3, -0.25) is 9.80 Å². The molecule has 2 heterocycles. The molecule has 160 valence electrons. The molecular formula is C23H31ClN6. The first-order valence-corrected chi connectivity index (χ1v) is 10.4. The number of piperazine rings is 1. The Morgan fingerprint density at radius 2 is 1.47 bits per heavy atom. The molecule has 1 fully saturated rings. The monoisotopic (exact) mass is 426 g/mol. The van der Waals surface area contributed by atoms with Gasteiger partial charge in [0.2, 0.25) is 0 Å². The summed E-state index contributed by atoms with van der Waals surface area (Å²) in [4.78, 5) is 5.05. The number of halogens is 1. The summed E-state index contributed by atoms with van der Waals surface area (Å²) in [5.41, 5.74) is 2.45. The summed E-state index contributed by atoms with van der Waals surface area (Å²) in [5, 5.41) is 12.8. The van der Waals surface area contributed by atoms with Crippen LogP contribution < -0.4 is 0 Å². The summed E-state index contributed by atoms with van der Waals surface area (Å²) >= 11 is 0. The Bertz CT molecular complexity index is 898. The molecule has 0 saturated carbocycles. The SMILES string of the molecule is CC(C)(C)n1nnnc1C(c1ccccc1)N1CCN(Cc2ccccc2)CC1.Cl. The third kappa shape index (κ3) is 5.06. The molecule has 6 nitrogen and oxygen atoms in total. The van der Waals surface area contributed by atoms with Crippen LogP contribution >= 0.6 is 12.4 Å². The van der Waals surface area contributed by atoms with Crippen molar-refractivity contribution in [2.45, 2.75) is 38.9 Å². The van der Waals surface area contributed by atoms with Crippen molar-refractivity contribution in [2.24, 2.45) is 0 Å². The first-order valence-electron chi connectivity index (χ1n) is 10.4. The molecule has 2 aromatic carbocycles. The zero-order chi connectivity index (χ0) is 20.3. The Labute approximate surface area is 185 Å². The van der Waals surface area contributed by atoms with E-state index in [9.17, 15) is 0 Å². The van der Waals surface area contributed by atoms with Crippen LogP contribution in [0.25, 0.3) is 0 Å². The molecule has 30 heavy (non-hydrogen) atoms. The Balaban J connectivity index is 0.00000256. The van der Waals surface area contributed by atoms with Gasteiger partial charge in [0, 0.05) is 32.7 Å². The van der Waals surface area contributed by atoms with Crippen molar-refractivity contribution in [1.82, 2.24) is 30.0 Å². The van der Waals surface area contributed by atoms with E-state index < -0.39 is 0 Å². The minimum atomic E-state index is -0.166. The number of aromatic nitrogens is 4. The number of nitrogens with zero attached hydrogens (tertiary/aromatic N) is 6. The maximum Gasteiger partial charge on any atom is 0.173 e. The highest BCUT2D eigenvalue weighted by Gasteiger charge is 2.33. The smallest absolute Gasteiger partial charge is 0.173 e. The molecule has 1 saturated heterocycles. The van der Waals surface area contributed by atoms with Crippen LogP contribution in [-0.2, 0) is 12.1 Å². The lowest BCUT2D eigenvalue weighted by atomic mass is 10.0. The van der Waals surface area contributed by atoms with Gasteiger partial charge in [-0.05, 0) is 42.3 Å². The van der Waals surface area contributed by atoms with E-state index in [1.807, 2.05) is 4.68 Å². The molecule has 1 aliphatic heterocycles. The second-order valence-corrected chi connectivity index (χ2v) is 8.73. The zero-order valence-corrected chi connectivity index (χ0v) is 18.8. The fourth-order valence-electron chi connectivity index (χ4n) is 4.02. The lowest BCUT2D eigenvalue weighted by molar-refractivity contribution is 0.0979. The van der Waals surface area contributed by atoms with Crippen LogP contribution in [0.2, 0.25) is 0 Å². The predicted octanol–water partition coefficient (Wildman–Crippen LogP) is 3.76. The van der Waals surface area contributed by atoms with Gasteiger partial charge in [-0.15, -0.1) is 17.5 Å². The van der Waals surface area contributed by atoms with E-state index in [0.717, 1.165) is 38.5 Å². The zero-order valence-electron chi connectivity index (χ0n) is 18.0. The quantitative estimate of drug-likeness (QED) is 0.621. The predicted molar refractivity (Wildman–Crippen MR) is 122 cm³/mol. The standard InChI is InChI=1S/C23H30N6.ClH/c1-23(2,3)29-22(24-25-26-29)21(20-12-8-5-9-13-20)28-16-14-27(15-17-28)18-19-10-6-4-7-11-19;/h4-13,21H,14-18H2,1-3H3;1H. The minimum absolute atomic E-state index is 0. The van der Waals surface area contributed by atoms with Crippen molar-refractivity contribution in [1.29, 1.82) is 0 Å². The summed E-state index contributed by atoms with van der Waals surface area (Å²) in [7, 11) is 0. The van der Waals surface area contributed by atoms with Gasteiger partial charge in [0.25, 0.3) is 0 Å². The highest BCUT2D eigenvalue weighted by molar-refractivity contribution is 5.85. The fourth-order valence-corrected chi connectivity index (χ4v) is 4.02. The van der Waals surface area contributed by atoms with Crippen LogP contribution in [0.3, 0.4) is 0 Å². The molecule has 0 radical (unpaired) electrons. The largest absolute Gasteiger partial charge is 0.297 e. The molecule has 1 unspecified atom stereocenters. The second-order valence-electron chi connectivity index (χ2n) is 8.73. The van der Waals surface area contributed by atoms with E-state index in [4.69, 9.17) is 0 Å². The minimum Gasteiger partial charge on any atom is -0.297 e. The van der Waals surface area contributed by atoms with Crippen molar-refractivity contribution in [3.05, 3.63) is 77.6 Å². The second kappa shape index (κ2) is 9.69. The van der Waals surface area contributed by atoms with Gasteiger partial charge in [0.05, 0.1) is 11.6 Å². The Hall–Kier alpha value is -2.28. The molecule has 1 aliphatic rings. The molecule has 1 atom stereocenters. The van der Waals surface area contributed by atoms with E-state index >= 15 is 0 Å². The van der Waals surface area contributed by atoms with Crippen LogP contribution in [-0.4, -0.2) is 56.2 Å². The number of hydrogen-bond acceptors (Lipinski definition) is 5. The van der Waals surface area contributed by atoms with Gasteiger partial charge < -0.3 is 0 Å². The molecule has 1 aromatic heterocycles. The average Bonchev–Trinajstić information content (AvgIpc) is 3.21. The van der Waals surface area contributed by atoms with Crippen molar-refractivity contribution >= 4 is 12.4 Å². The molecule has 0 amide bonds. The number of benzene rings is 2. The normalized spacial score (nSPS) is 16.8. The van der Waals surface area contributed by atoms with Crippen molar-refractivity contribution in [3.8, 4) is 0 Å². The van der Waals surface area contributed by atoms with Crippen LogP contribution in [0.4, 0.5) is 0 Å². The summed E-state index contributed by atoms with van der Waals surface area (Å²) in [5.74, 6) is 0.917. The van der Waals surface area contributed by atoms with Crippen LogP contribution in [0.15, 0.2) is 60.7 Å². The molecule has 0 N–H and O–H groups in total. The van der Waals surface area contributed by atoms with E-state index in [0.29, 0.717) is 0 Å². The van der Waals surface area contributed by atoms with E-state index in [1.54, 1.807) is 0 Å². The van der Waals surface area contributed by atoms with Crippen LogP contribution in [0.5, 0.6) is 0 Å². The molecular weight excluding hydrogens is 396 g/mol. The first-order chi connectivity index (χ1) is 14.0. The lowest BCUT2D eigenvalue weighted by Gasteiger charge is -2.39. The third-order valence-corrected chi connectivity index (χ3v) is 5.51. The molecule has 0 bridgehead atoms. The molecule has 0 aliphatic carbocycles. The van der Waals surface area contributed by atoms with Crippen LogP contribution in [0.1, 0.15) is 43.8 Å². The number of rotatable bonds is 5. The van der Waals surface area contributed by atoms with Gasteiger partial charge in [-0.2, -0.15) is 0 Å². The Kier molecular flexibility index (Phi) is 7.23. The molecule has 7 heteroatoms. The number of hydrogen-bond donors (Lipinski definition) is 0. The summed E-state index contributed by atoms with van der Waals surface area (Å²) < 4.78 is 1.97. The highest BCUT2D eigenvalue weighted by atomic mass is 35.5. The maximum absolute atomic E-state index is 4.47. The third-order valence-electron chi connectivity index (χ3n) is 5.51. The van der Waals surface area contributed by atoms with Gasteiger partial charge in [-0.25, -0.2) is 4.68 Å². The maximum atomic E-state index is 4.47. The van der Waals surface area contributed by atoms with Gasteiger partial charge in [0.15, 0.2) is 5.82 Å². The fraction of sp³-hybridized carbons (Fsp3) is 0.435. The van der Waals surface area contributed by atoms with E-state index in [2.05, 4.69) is 107 Å². The van der Waals surface area contributed by atoms with Crippen molar-refractivity contribution < 1.29 is 0 Å². The molecule has 0 spiro atoms. The van der Waals surface area contributed by atoms with Gasteiger partial charge >= 0.3 is 0 Å². The Morgan fingerprint density at radius 3 is 2.07 bits per heavy atom. The highest BCUT2D eigenvalue weighted by Crippen LogP contribution is 2.30. The number of tetrazole rings is 1. The topological polar surface area (TPSA) is 50.1 Å². The lowest BCUT2D eigenvalue weighted by Crippen LogP contribution is -2.48. The Morgan fingerprint density at radius 1 is 0.867 bits per heavy atom. The van der Waals surface area contributed by atoms with Crippen molar-refractivity contribution in [2.75, 3.05) is 26.2 Å². The summed E-state index contributed by atoms with van der Waals surface area (Å²) in [6.45, 7) is 11.5. The average molecular weight is 427 g/mol. The van der Waals surface area contributed by atoms with Gasteiger partial charge in [0.1, 0.15) is 0 Å². The van der Waals surface area contributed by atoms with Crippen molar-refractivity contribution in [3.63, 3.8) is 0 Å².